The Morgan fingerprint density at radius 3 is 3.00 bits per heavy atom. The SMILES string of the molecule is CC#CCC(NC)C1Cc2ccccc2O1. The van der Waals surface area contributed by atoms with Crippen molar-refractivity contribution in [3.8, 4) is 17.6 Å². The fourth-order valence-electron chi connectivity index (χ4n) is 2.06. The van der Waals surface area contributed by atoms with Crippen LogP contribution in [0.1, 0.15) is 18.9 Å². The van der Waals surface area contributed by atoms with E-state index in [0.717, 1.165) is 18.6 Å². The fourth-order valence-corrected chi connectivity index (χ4v) is 2.06. The third-order valence-electron chi connectivity index (χ3n) is 2.99. The molecule has 16 heavy (non-hydrogen) atoms. The van der Waals surface area contributed by atoms with Crippen LogP contribution in [0.4, 0.5) is 0 Å². The average Bonchev–Trinajstić information content (AvgIpc) is 2.73. The van der Waals surface area contributed by atoms with E-state index in [0.29, 0.717) is 6.04 Å². The van der Waals surface area contributed by atoms with Gasteiger partial charge in [0.05, 0.1) is 6.04 Å². The molecule has 0 saturated carbocycles. The van der Waals surface area contributed by atoms with E-state index in [1.54, 1.807) is 0 Å². The predicted molar refractivity (Wildman–Crippen MR) is 65.5 cm³/mol. The van der Waals surface area contributed by atoms with Crippen LogP contribution in [0.5, 0.6) is 5.75 Å². The number of ether oxygens (including phenoxy) is 1. The average molecular weight is 215 g/mol. The van der Waals surface area contributed by atoms with Crippen molar-refractivity contribution < 1.29 is 4.74 Å². The quantitative estimate of drug-likeness (QED) is 0.779. The zero-order chi connectivity index (χ0) is 11.4. The van der Waals surface area contributed by atoms with Crippen molar-refractivity contribution in [3.63, 3.8) is 0 Å². The predicted octanol–water partition coefficient (Wildman–Crippen LogP) is 1.99. The maximum atomic E-state index is 5.93. The summed E-state index contributed by atoms with van der Waals surface area (Å²) < 4.78 is 5.93. The molecule has 2 unspecified atom stereocenters. The summed E-state index contributed by atoms with van der Waals surface area (Å²) in [6.07, 6.45) is 2.03. The van der Waals surface area contributed by atoms with E-state index in [2.05, 4.69) is 29.3 Å². The van der Waals surface area contributed by atoms with Gasteiger partial charge in [-0.15, -0.1) is 11.8 Å². The summed E-state index contributed by atoms with van der Waals surface area (Å²) in [6, 6.07) is 8.55. The first-order chi connectivity index (χ1) is 7.85. The normalized spacial score (nSPS) is 19.2. The molecule has 1 aromatic rings. The van der Waals surface area contributed by atoms with E-state index >= 15 is 0 Å². The monoisotopic (exact) mass is 215 g/mol. The summed E-state index contributed by atoms with van der Waals surface area (Å²) in [4.78, 5) is 0. The van der Waals surface area contributed by atoms with Gasteiger partial charge in [-0.1, -0.05) is 18.2 Å². The number of fused-ring (bicyclic) bond motifs is 1. The standard InChI is InChI=1S/C14H17NO/c1-3-4-8-12(15-2)14-10-11-7-5-6-9-13(11)16-14/h5-7,9,12,14-15H,8,10H2,1-2H3. The molecule has 0 aromatic heterocycles. The Morgan fingerprint density at radius 1 is 1.50 bits per heavy atom. The minimum atomic E-state index is 0.211. The molecule has 0 bridgehead atoms. The Balaban J connectivity index is 2.05. The van der Waals surface area contributed by atoms with Crippen molar-refractivity contribution in [3.05, 3.63) is 29.8 Å². The van der Waals surface area contributed by atoms with Gasteiger partial charge < -0.3 is 10.1 Å². The molecule has 0 fully saturated rings. The highest BCUT2D eigenvalue weighted by molar-refractivity contribution is 5.37. The number of para-hydroxylation sites is 1. The van der Waals surface area contributed by atoms with Gasteiger partial charge in [0.2, 0.25) is 0 Å². The zero-order valence-electron chi connectivity index (χ0n) is 9.79. The van der Waals surface area contributed by atoms with Gasteiger partial charge in [-0.3, -0.25) is 0 Å². The lowest BCUT2D eigenvalue weighted by Gasteiger charge is -2.20. The molecule has 1 N–H and O–H groups in total. The van der Waals surface area contributed by atoms with Gasteiger partial charge in [0, 0.05) is 12.8 Å². The van der Waals surface area contributed by atoms with Crippen molar-refractivity contribution in [1.82, 2.24) is 5.32 Å². The number of hydrogen-bond donors (Lipinski definition) is 1. The summed E-state index contributed by atoms with van der Waals surface area (Å²) in [6.45, 7) is 1.87. The maximum Gasteiger partial charge on any atom is 0.123 e. The number of benzene rings is 1. The lowest BCUT2D eigenvalue weighted by molar-refractivity contribution is 0.184. The summed E-state index contributed by atoms with van der Waals surface area (Å²) >= 11 is 0. The van der Waals surface area contributed by atoms with Gasteiger partial charge in [-0.25, -0.2) is 0 Å². The second kappa shape index (κ2) is 5.05. The van der Waals surface area contributed by atoms with Crippen LogP contribution < -0.4 is 10.1 Å². The highest BCUT2D eigenvalue weighted by Crippen LogP contribution is 2.29. The lowest BCUT2D eigenvalue weighted by Crippen LogP contribution is -2.40. The van der Waals surface area contributed by atoms with Crippen LogP contribution in [0.2, 0.25) is 0 Å². The fraction of sp³-hybridized carbons (Fsp3) is 0.429. The highest BCUT2D eigenvalue weighted by Gasteiger charge is 2.28. The molecule has 0 radical (unpaired) electrons. The van der Waals surface area contributed by atoms with Gasteiger partial charge in [-0.05, 0) is 25.6 Å². The number of hydrogen-bond acceptors (Lipinski definition) is 2. The summed E-state index contributed by atoms with van der Waals surface area (Å²) in [5.41, 5.74) is 1.30. The summed E-state index contributed by atoms with van der Waals surface area (Å²) in [5, 5.41) is 3.29. The van der Waals surface area contributed by atoms with Gasteiger partial charge in [0.1, 0.15) is 11.9 Å². The Hall–Kier alpha value is -1.46. The van der Waals surface area contributed by atoms with E-state index in [-0.39, 0.29) is 6.10 Å². The van der Waals surface area contributed by atoms with E-state index in [1.165, 1.54) is 5.56 Å². The smallest absolute Gasteiger partial charge is 0.123 e. The molecule has 0 saturated heterocycles. The number of nitrogens with one attached hydrogen (secondary N) is 1. The first-order valence-corrected chi connectivity index (χ1v) is 5.66. The molecule has 1 heterocycles. The molecule has 1 aromatic carbocycles. The van der Waals surface area contributed by atoms with E-state index < -0.39 is 0 Å². The summed E-state index contributed by atoms with van der Waals surface area (Å²) in [7, 11) is 1.97. The van der Waals surface area contributed by atoms with Crippen LogP contribution >= 0.6 is 0 Å². The molecular weight excluding hydrogens is 198 g/mol. The largest absolute Gasteiger partial charge is 0.488 e. The van der Waals surface area contributed by atoms with Crippen LogP contribution in [0.15, 0.2) is 24.3 Å². The Labute approximate surface area is 97.0 Å². The van der Waals surface area contributed by atoms with Crippen LogP contribution in [0.25, 0.3) is 0 Å². The maximum absolute atomic E-state index is 5.93. The minimum Gasteiger partial charge on any atom is -0.488 e. The van der Waals surface area contributed by atoms with Crippen LogP contribution in [-0.4, -0.2) is 19.2 Å². The number of rotatable bonds is 3. The molecule has 2 atom stereocenters. The first-order valence-electron chi connectivity index (χ1n) is 5.66. The van der Waals surface area contributed by atoms with Crippen molar-refractivity contribution in [2.24, 2.45) is 0 Å². The van der Waals surface area contributed by atoms with Gasteiger partial charge >= 0.3 is 0 Å². The summed E-state index contributed by atoms with van der Waals surface area (Å²) in [5.74, 6) is 7.07. The Morgan fingerprint density at radius 2 is 2.31 bits per heavy atom. The lowest BCUT2D eigenvalue weighted by atomic mass is 10.0. The van der Waals surface area contributed by atoms with E-state index in [9.17, 15) is 0 Å². The molecule has 0 spiro atoms. The zero-order valence-corrected chi connectivity index (χ0v) is 9.79. The highest BCUT2D eigenvalue weighted by atomic mass is 16.5. The van der Waals surface area contributed by atoms with Crippen LogP contribution in [0.3, 0.4) is 0 Å². The van der Waals surface area contributed by atoms with Crippen molar-refractivity contribution in [2.45, 2.75) is 31.9 Å². The third-order valence-corrected chi connectivity index (χ3v) is 2.99. The molecule has 0 aliphatic carbocycles. The molecule has 2 rings (SSSR count). The number of likely N-dealkylation sites (N-methyl/N-ethyl adjacent to an activating group) is 1. The molecule has 2 nitrogen and oxygen atoms in total. The molecule has 1 aliphatic heterocycles. The Kier molecular flexibility index (Phi) is 3.48. The first kappa shape index (κ1) is 11.0. The van der Waals surface area contributed by atoms with Gasteiger partial charge in [0.15, 0.2) is 0 Å². The van der Waals surface area contributed by atoms with Gasteiger partial charge in [-0.2, -0.15) is 0 Å². The molecular formula is C14H17NO. The molecule has 1 aliphatic rings. The molecule has 2 heteroatoms. The second-order valence-corrected chi connectivity index (χ2v) is 3.99. The molecule has 84 valence electrons. The minimum absolute atomic E-state index is 0.211. The molecule has 0 amide bonds. The van der Waals surface area contributed by atoms with E-state index in [1.807, 2.05) is 26.1 Å². The van der Waals surface area contributed by atoms with Crippen molar-refractivity contribution >= 4 is 0 Å². The van der Waals surface area contributed by atoms with Crippen LogP contribution in [-0.2, 0) is 6.42 Å². The topological polar surface area (TPSA) is 21.3 Å². The Bertz CT molecular complexity index is 391. The van der Waals surface area contributed by atoms with Crippen LogP contribution in [0, 0.1) is 11.8 Å². The third kappa shape index (κ3) is 2.20. The van der Waals surface area contributed by atoms with Gasteiger partial charge in [0.25, 0.3) is 0 Å². The van der Waals surface area contributed by atoms with E-state index in [4.69, 9.17) is 4.74 Å². The second-order valence-electron chi connectivity index (χ2n) is 3.99. The van der Waals surface area contributed by atoms with Crippen molar-refractivity contribution in [1.29, 1.82) is 0 Å². The van der Waals surface area contributed by atoms with Crippen molar-refractivity contribution in [2.75, 3.05) is 7.05 Å².